The largest absolute Gasteiger partial charge is 0.507 e. The molecule has 0 heterocycles. The molecule has 3 rings (SSSR count). The SMILES string of the molecule is COc1ccc2c3c(cc(O)c2c1)CC(OC)C(C(C)=O)=C3C(C)=O. The van der Waals surface area contributed by atoms with Crippen molar-refractivity contribution in [1.29, 1.82) is 0 Å². The summed E-state index contributed by atoms with van der Waals surface area (Å²) >= 11 is 0. The number of benzene rings is 2. The number of aromatic hydroxyl groups is 1. The second-order valence-corrected chi connectivity index (χ2v) is 6.17. The van der Waals surface area contributed by atoms with Gasteiger partial charge in [0.15, 0.2) is 11.6 Å². The van der Waals surface area contributed by atoms with Gasteiger partial charge in [-0.15, -0.1) is 0 Å². The molecule has 1 N–H and O–H groups in total. The molecule has 0 saturated heterocycles. The highest BCUT2D eigenvalue weighted by atomic mass is 16.5. The molecule has 5 nitrogen and oxygen atoms in total. The van der Waals surface area contributed by atoms with E-state index in [0.717, 1.165) is 5.56 Å². The predicted octanol–water partition coefficient (Wildman–Crippen LogP) is 3.06. The van der Waals surface area contributed by atoms with Crippen molar-refractivity contribution in [2.75, 3.05) is 14.2 Å². The third-order valence-electron chi connectivity index (χ3n) is 4.67. The molecule has 1 unspecified atom stereocenters. The van der Waals surface area contributed by atoms with Crippen LogP contribution in [0.3, 0.4) is 0 Å². The number of hydrogen-bond donors (Lipinski definition) is 1. The van der Waals surface area contributed by atoms with Crippen molar-refractivity contribution in [2.24, 2.45) is 0 Å². The minimum absolute atomic E-state index is 0.108. The highest BCUT2D eigenvalue weighted by molar-refractivity contribution is 6.29. The molecule has 0 radical (unpaired) electrons. The molecule has 0 saturated carbocycles. The van der Waals surface area contributed by atoms with E-state index in [0.29, 0.717) is 39.7 Å². The lowest BCUT2D eigenvalue weighted by molar-refractivity contribution is -0.116. The van der Waals surface area contributed by atoms with Gasteiger partial charge in [-0.05, 0) is 54.6 Å². The van der Waals surface area contributed by atoms with Crippen LogP contribution in [0.1, 0.15) is 25.0 Å². The molecule has 2 aromatic rings. The van der Waals surface area contributed by atoms with Gasteiger partial charge in [0.2, 0.25) is 0 Å². The Balaban J connectivity index is 2.45. The number of Topliss-reactive ketones (excluding diaryl/α,β-unsaturated/α-hetero) is 2. The first-order valence-electron chi connectivity index (χ1n) is 8.00. The maximum Gasteiger partial charge on any atom is 0.160 e. The Kier molecular flexibility index (Phi) is 4.35. The van der Waals surface area contributed by atoms with E-state index in [1.54, 1.807) is 31.4 Å². The second-order valence-electron chi connectivity index (χ2n) is 6.17. The number of carbonyl (C=O) groups excluding carboxylic acids is 2. The topological polar surface area (TPSA) is 72.8 Å². The van der Waals surface area contributed by atoms with Crippen molar-refractivity contribution in [3.63, 3.8) is 0 Å². The molecular weight excluding hydrogens is 320 g/mol. The molecule has 1 atom stereocenters. The average Bonchev–Trinajstić information content (AvgIpc) is 2.59. The molecule has 0 aromatic heterocycles. The van der Waals surface area contributed by atoms with Crippen LogP contribution in [0.25, 0.3) is 16.3 Å². The number of ketones is 2. The monoisotopic (exact) mass is 340 g/mol. The lowest BCUT2D eigenvalue weighted by atomic mass is 9.78. The minimum Gasteiger partial charge on any atom is -0.507 e. The summed E-state index contributed by atoms with van der Waals surface area (Å²) in [6.45, 7) is 2.89. The fraction of sp³-hybridized carbons (Fsp3) is 0.300. The zero-order chi connectivity index (χ0) is 18.3. The van der Waals surface area contributed by atoms with Gasteiger partial charge in [-0.25, -0.2) is 0 Å². The number of hydrogen-bond acceptors (Lipinski definition) is 5. The van der Waals surface area contributed by atoms with Crippen LogP contribution in [0.2, 0.25) is 0 Å². The lowest BCUT2D eigenvalue weighted by Gasteiger charge is -2.29. The zero-order valence-corrected chi connectivity index (χ0v) is 14.7. The van der Waals surface area contributed by atoms with Gasteiger partial charge < -0.3 is 14.6 Å². The number of rotatable bonds is 4. The Hall–Kier alpha value is -2.66. The fourth-order valence-electron chi connectivity index (χ4n) is 3.59. The Morgan fingerprint density at radius 2 is 1.80 bits per heavy atom. The number of carbonyl (C=O) groups is 2. The molecule has 0 bridgehead atoms. The normalized spacial score (nSPS) is 16.7. The molecule has 2 aromatic carbocycles. The van der Waals surface area contributed by atoms with Gasteiger partial charge >= 0.3 is 0 Å². The molecule has 5 heteroatoms. The van der Waals surface area contributed by atoms with Crippen molar-refractivity contribution in [3.05, 3.63) is 41.0 Å². The van der Waals surface area contributed by atoms with Crippen molar-refractivity contribution < 1.29 is 24.2 Å². The van der Waals surface area contributed by atoms with E-state index in [1.165, 1.54) is 21.0 Å². The third kappa shape index (κ3) is 2.70. The van der Waals surface area contributed by atoms with Gasteiger partial charge in [0.05, 0.1) is 13.2 Å². The molecule has 0 aliphatic heterocycles. The second kappa shape index (κ2) is 6.33. The lowest BCUT2D eigenvalue weighted by Crippen LogP contribution is -2.29. The Morgan fingerprint density at radius 1 is 1.08 bits per heavy atom. The first-order chi connectivity index (χ1) is 11.9. The van der Waals surface area contributed by atoms with Gasteiger partial charge in [0.1, 0.15) is 11.5 Å². The Labute approximate surface area is 145 Å². The van der Waals surface area contributed by atoms with E-state index in [2.05, 4.69) is 0 Å². The fourth-order valence-corrected chi connectivity index (χ4v) is 3.59. The molecule has 0 amide bonds. The molecule has 0 spiro atoms. The van der Waals surface area contributed by atoms with Crippen molar-refractivity contribution in [3.8, 4) is 11.5 Å². The van der Waals surface area contributed by atoms with Gasteiger partial charge in [-0.2, -0.15) is 0 Å². The van der Waals surface area contributed by atoms with Crippen LogP contribution in [-0.2, 0) is 20.7 Å². The summed E-state index contributed by atoms with van der Waals surface area (Å²) in [6.07, 6.45) is -0.0773. The highest BCUT2D eigenvalue weighted by Gasteiger charge is 2.33. The summed E-state index contributed by atoms with van der Waals surface area (Å²) in [7, 11) is 3.07. The number of fused-ring (bicyclic) bond motifs is 3. The zero-order valence-electron chi connectivity index (χ0n) is 14.7. The summed E-state index contributed by atoms with van der Waals surface area (Å²) in [5.41, 5.74) is 2.25. The predicted molar refractivity (Wildman–Crippen MR) is 94.9 cm³/mol. The van der Waals surface area contributed by atoms with Crippen LogP contribution < -0.4 is 4.74 Å². The van der Waals surface area contributed by atoms with Gasteiger partial charge in [-0.1, -0.05) is 0 Å². The van der Waals surface area contributed by atoms with Crippen molar-refractivity contribution >= 4 is 27.9 Å². The maximum atomic E-state index is 12.4. The molecule has 25 heavy (non-hydrogen) atoms. The smallest absolute Gasteiger partial charge is 0.160 e. The molecule has 1 aliphatic carbocycles. The molecular formula is C20H20O5. The Morgan fingerprint density at radius 3 is 2.36 bits per heavy atom. The Bertz CT molecular complexity index is 923. The van der Waals surface area contributed by atoms with Gasteiger partial charge in [0.25, 0.3) is 0 Å². The van der Waals surface area contributed by atoms with E-state index in [4.69, 9.17) is 9.47 Å². The van der Waals surface area contributed by atoms with Crippen LogP contribution in [0, 0.1) is 0 Å². The minimum atomic E-state index is -0.501. The number of phenolic OH excluding ortho intramolecular Hbond substituents is 1. The summed E-state index contributed by atoms with van der Waals surface area (Å²) < 4.78 is 10.7. The van der Waals surface area contributed by atoms with Crippen LogP contribution in [-0.4, -0.2) is 37.0 Å². The van der Waals surface area contributed by atoms with E-state index >= 15 is 0 Å². The molecule has 0 fully saturated rings. The van der Waals surface area contributed by atoms with Crippen LogP contribution >= 0.6 is 0 Å². The standard InChI is InChI=1S/C20H20O5/c1-10(21)18-17(25-4)8-12-7-16(23)15-9-13(24-3)5-6-14(15)20(12)19(18)11(2)22/h5-7,9,17,23H,8H2,1-4H3. The van der Waals surface area contributed by atoms with Crippen molar-refractivity contribution in [1.82, 2.24) is 0 Å². The summed E-state index contributed by atoms with van der Waals surface area (Å²) in [5.74, 6) is 0.332. The first kappa shape index (κ1) is 17.2. The summed E-state index contributed by atoms with van der Waals surface area (Å²) in [6, 6.07) is 6.94. The van der Waals surface area contributed by atoms with E-state index in [1.807, 2.05) is 0 Å². The third-order valence-corrected chi connectivity index (χ3v) is 4.67. The quantitative estimate of drug-likeness (QED) is 0.926. The van der Waals surface area contributed by atoms with Crippen molar-refractivity contribution in [2.45, 2.75) is 26.4 Å². The van der Waals surface area contributed by atoms with E-state index < -0.39 is 6.10 Å². The average molecular weight is 340 g/mol. The molecule has 1 aliphatic rings. The van der Waals surface area contributed by atoms with Crippen LogP contribution in [0.15, 0.2) is 29.8 Å². The number of allylic oxidation sites excluding steroid dienone is 1. The number of methoxy groups -OCH3 is 2. The highest BCUT2D eigenvalue weighted by Crippen LogP contribution is 2.42. The molecule has 130 valence electrons. The summed E-state index contributed by atoms with van der Waals surface area (Å²) in [5, 5.41) is 11.7. The van der Waals surface area contributed by atoms with E-state index in [9.17, 15) is 14.7 Å². The van der Waals surface area contributed by atoms with E-state index in [-0.39, 0.29) is 17.3 Å². The number of phenols is 1. The van der Waals surface area contributed by atoms with Crippen LogP contribution in [0.5, 0.6) is 11.5 Å². The summed E-state index contributed by atoms with van der Waals surface area (Å²) in [4.78, 5) is 24.7. The van der Waals surface area contributed by atoms with Gasteiger partial charge in [-0.3, -0.25) is 9.59 Å². The first-order valence-corrected chi connectivity index (χ1v) is 8.00. The van der Waals surface area contributed by atoms with Crippen LogP contribution in [0.4, 0.5) is 0 Å². The van der Waals surface area contributed by atoms with Gasteiger partial charge in [0, 0.05) is 30.1 Å². The maximum absolute atomic E-state index is 12.4. The number of ether oxygens (including phenoxy) is 2.